The number of nitrogens with two attached hydrogens (primary N) is 1. The molecule has 0 radical (unpaired) electrons. The van der Waals surface area contributed by atoms with Crippen LogP contribution in [0.4, 0.5) is 4.39 Å². The van der Waals surface area contributed by atoms with E-state index in [9.17, 15) is 4.39 Å². The van der Waals surface area contributed by atoms with Crippen LogP contribution in [0.1, 0.15) is 17.5 Å². The van der Waals surface area contributed by atoms with Crippen molar-refractivity contribution in [3.8, 4) is 0 Å². The molecule has 3 heteroatoms. The van der Waals surface area contributed by atoms with Gasteiger partial charge >= 0.3 is 0 Å². The number of hydrogen-bond donors (Lipinski definition) is 1. The molecular formula is C12H16FNO. The molecule has 1 fully saturated rings. The molecule has 2 rings (SSSR count). The monoisotopic (exact) mass is 209 g/mol. The van der Waals surface area contributed by atoms with Crippen LogP contribution in [0.15, 0.2) is 18.2 Å². The van der Waals surface area contributed by atoms with Gasteiger partial charge in [0.1, 0.15) is 5.82 Å². The topological polar surface area (TPSA) is 35.2 Å². The highest BCUT2D eigenvalue weighted by Gasteiger charge is 2.30. The summed E-state index contributed by atoms with van der Waals surface area (Å²) < 4.78 is 18.2. The molecule has 1 saturated heterocycles. The van der Waals surface area contributed by atoms with Crippen molar-refractivity contribution < 1.29 is 9.13 Å². The van der Waals surface area contributed by atoms with Crippen LogP contribution in [0.25, 0.3) is 0 Å². The summed E-state index contributed by atoms with van der Waals surface area (Å²) in [6.07, 6.45) is 1.64. The van der Waals surface area contributed by atoms with E-state index < -0.39 is 0 Å². The summed E-state index contributed by atoms with van der Waals surface area (Å²) >= 11 is 0. The molecule has 1 atom stereocenters. The van der Waals surface area contributed by atoms with E-state index in [0.717, 1.165) is 30.6 Å². The summed E-state index contributed by atoms with van der Waals surface area (Å²) in [6, 6.07) is 4.85. The Balaban J connectivity index is 2.16. The van der Waals surface area contributed by atoms with E-state index in [2.05, 4.69) is 0 Å². The first kappa shape index (κ1) is 10.6. The van der Waals surface area contributed by atoms with Crippen LogP contribution >= 0.6 is 0 Å². The van der Waals surface area contributed by atoms with Crippen LogP contribution in [-0.2, 0) is 11.2 Å². The van der Waals surface area contributed by atoms with E-state index in [1.54, 1.807) is 6.07 Å². The van der Waals surface area contributed by atoms with Crippen LogP contribution in [0.5, 0.6) is 0 Å². The van der Waals surface area contributed by atoms with Crippen molar-refractivity contribution in [2.45, 2.75) is 25.3 Å². The smallest absolute Gasteiger partial charge is 0.123 e. The van der Waals surface area contributed by atoms with Crippen LogP contribution in [-0.4, -0.2) is 18.8 Å². The Hall–Kier alpha value is -0.930. The molecule has 82 valence electrons. The summed E-state index contributed by atoms with van der Waals surface area (Å²) in [6.45, 7) is 3.25. The number of aryl methyl sites for hydroxylation is 1. The molecule has 0 bridgehead atoms. The lowest BCUT2D eigenvalue weighted by Crippen LogP contribution is -2.42. The Kier molecular flexibility index (Phi) is 2.76. The number of benzene rings is 1. The first-order valence-electron chi connectivity index (χ1n) is 5.21. The summed E-state index contributed by atoms with van der Waals surface area (Å²) in [7, 11) is 0. The average molecular weight is 209 g/mol. The first-order chi connectivity index (χ1) is 7.09. The fourth-order valence-corrected chi connectivity index (χ4v) is 2.00. The van der Waals surface area contributed by atoms with Gasteiger partial charge in [-0.05, 0) is 43.0 Å². The van der Waals surface area contributed by atoms with Gasteiger partial charge in [-0.25, -0.2) is 4.39 Å². The molecule has 2 N–H and O–H groups in total. The Labute approximate surface area is 89.2 Å². The standard InChI is InChI=1S/C12H16FNO/c1-9-6-11(13)3-2-10(9)7-12(14)4-5-15-8-12/h2-3,6H,4-5,7-8,14H2,1H3. The van der Waals surface area contributed by atoms with E-state index in [1.807, 2.05) is 13.0 Å². The van der Waals surface area contributed by atoms with E-state index in [0.29, 0.717) is 6.61 Å². The molecular weight excluding hydrogens is 193 g/mol. The van der Waals surface area contributed by atoms with Crippen molar-refractivity contribution in [2.24, 2.45) is 5.73 Å². The predicted octanol–water partition coefficient (Wildman–Crippen LogP) is 1.79. The van der Waals surface area contributed by atoms with Gasteiger partial charge in [0.15, 0.2) is 0 Å². The van der Waals surface area contributed by atoms with Crippen LogP contribution in [0.2, 0.25) is 0 Å². The minimum atomic E-state index is -0.261. The first-order valence-corrected chi connectivity index (χ1v) is 5.21. The van der Waals surface area contributed by atoms with E-state index in [-0.39, 0.29) is 11.4 Å². The molecule has 0 saturated carbocycles. The Morgan fingerprint density at radius 1 is 1.53 bits per heavy atom. The summed E-state index contributed by atoms with van der Waals surface area (Å²) in [5.41, 5.74) is 8.00. The second kappa shape index (κ2) is 3.91. The van der Waals surface area contributed by atoms with Crippen molar-refractivity contribution in [1.82, 2.24) is 0 Å². The van der Waals surface area contributed by atoms with Gasteiger partial charge in [0.25, 0.3) is 0 Å². The number of ether oxygens (including phenoxy) is 1. The van der Waals surface area contributed by atoms with Crippen LogP contribution in [0.3, 0.4) is 0 Å². The predicted molar refractivity (Wildman–Crippen MR) is 57.2 cm³/mol. The number of halogens is 1. The third kappa shape index (κ3) is 2.36. The number of rotatable bonds is 2. The van der Waals surface area contributed by atoms with Gasteiger partial charge in [0.2, 0.25) is 0 Å². The van der Waals surface area contributed by atoms with Gasteiger partial charge in [-0.1, -0.05) is 6.07 Å². The van der Waals surface area contributed by atoms with Gasteiger partial charge in [0, 0.05) is 12.1 Å². The quantitative estimate of drug-likeness (QED) is 0.806. The van der Waals surface area contributed by atoms with Crippen molar-refractivity contribution in [2.75, 3.05) is 13.2 Å². The highest BCUT2D eigenvalue weighted by Crippen LogP contribution is 2.23. The van der Waals surface area contributed by atoms with Gasteiger partial charge in [-0.2, -0.15) is 0 Å². The minimum absolute atomic E-state index is 0.190. The Morgan fingerprint density at radius 2 is 2.33 bits per heavy atom. The molecule has 1 aromatic rings. The summed E-state index contributed by atoms with van der Waals surface area (Å²) in [4.78, 5) is 0. The fraction of sp³-hybridized carbons (Fsp3) is 0.500. The minimum Gasteiger partial charge on any atom is -0.379 e. The van der Waals surface area contributed by atoms with Crippen molar-refractivity contribution in [3.63, 3.8) is 0 Å². The van der Waals surface area contributed by atoms with Gasteiger partial charge in [0.05, 0.1) is 6.61 Å². The number of hydrogen-bond acceptors (Lipinski definition) is 2. The summed E-state index contributed by atoms with van der Waals surface area (Å²) in [5, 5.41) is 0. The molecule has 15 heavy (non-hydrogen) atoms. The third-order valence-corrected chi connectivity index (χ3v) is 2.98. The van der Waals surface area contributed by atoms with E-state index >= 15 is 0 Å². The molecule has 0 aliphatic carbocycles. The zero-order chi connectivity index (χ0) is 10.9. The lowest BCUT2D eigenvalue weighted by molar-refractivity contribution is 0.178. The van der Waals surface area contributed by atoms with E-state index in [1.165, 1.54) is 6.07 Å². The zero-order valence-corrected chi connectivity index (χ0v) is 8.92. The molecule has 1 unspecified atom stereocenters. The van der Waals surface area contributed by atoms with Gasteiger partial charge in [-0.3, -0.25) is 0 Å². The average Bonchev–Trinajstić information content (AvgIpc) is 2.58. The second-order valence-electron chi connectivity index (χ2n) is 4.41. The maximum absolute atomic E-state index is 12.9. The largest absolute Gasteiger partial charge is 0.379 e. The lowest BCUT2D eigenvalue weighted by Gasteiger charge is -2.22. The highest BCUT2D eigenvalue weighted by atomic mass is 19.1. The normalized spacial score (nSPS) is 25.8. The second-order valence-corrected chi connectivity index (χ2v) is 4.41. The molecule has 1 aliphatic heterocycles. The Morgan fingerprint density at radius 3 is 2.93 bits per heavy atom. The maximum Gasteiger partial charge on any atom is 0.123 e. The van der Waals surface area contributed by atoms with Crippen molar-refractivity contribution in [1.29, 1.82) is 0 Å². The van der Waals surface area contributed by atoms with Crippen molar-refractivity contribution in [3.05, 3.63) is 35.1 Å². The van der Waals surface area contributed by atoms with Crippen molar-refractivity contribution >= 4 is 0 Å². The molecule has 1 aliphatic rings. The maximum atomic E-state index is 12.9. The highest BCUT2D eigenvalue weighted by molar-refractivity contribution is 5.28. The molecule has 1 aromatic carbocycles. The molecule has 0 spiro atoms. The van der Waals surface area contributed by atoms with Crippen LogP contribution < -0.4 is 5.73 Å². The molecule has 0 aromatic heterocycles. The van der Waals surface area contributed by atoms with Crippen LogP contribution in [0, 0.1) is 12.7 Å². The van der Waals surface area contributed by atoms with E-state index in [4.69, 9.17) is 10.5 Å². The molecule has 1 heterocycles. The van der Waals surface area contributed by atoms with Gasteiger partial charge < -0.3 is 10.5 Å². The molecule has 0 amide bonds. The Bertz CT molecular complexity index is 359. The zero-order valence-electron chi connectivity index (χ0n) is 8.92. The fourth-order valence-electron chi connectivity index (χ4n) is 2.00. The molecule has 2 nitrogen and oxygen atoms in total. The van der Waals surface area contributed by atoms with Gasteiger partial charge in [-0.15, -0.1) is 0 Å². The summed E-state index contributed by atoms with van der Waals surface area (Å²) in [5.74, 6) is -0.190. The SMILES string of the molecule is Cc1cc(F)ccc1CC1(N)CCOC1. The lowest BCUT2D eigenvalue weighted by atomic mass is 9.89. The third-order valence-electron chi connectivity index (χ3n) is 2.98.